The van der Waals surface area contributed by atoms with Crippen molar-refractivity contribution in [2.45, 2.75) is 32.9 Å². The second kappa shape index (κ2) is 5.81. The van der Waals surface area contributed by atoms with Crippen molar-refractivity contribution in [3.8, 4) is 0 Å². The third kappa shape index (κ3) is 4.75. The van der Waals surface area contributed by atoms with E-state index >= 15 is 0 Å². The third-order valence-corrected chi connectivity index (χ3v) is 2.71. The summed E-state index contributed by atoms with van der Waals surface area (Å²) in [6, 6.07) is 5.19. The van der Waals surface area contributed by atoms with Crippen LogP contribution in [0.25, 0.3) is 0 Å². The normalized spacial score (nSPS) is 11.2. The molecule has 0 saturated carbocycles. The molecule has 0 spiro atoms. The van der Waals surface area contributed by atoms with Crippen LogP contribution in [0.2, 0.25) is 10.0 Å². The van der Waals surface area contributed by atoms with Crippen LogP contribution in [0.15, 0.2) is 18.2 Å². The first-order chi connectivity index (χ1) is 8.19. The van der Waals surface area contributed by atoms with Crippen LogP contribution in [-0.2, 0) is 11.3 Å². The molecule has 0 heterocycles. The van der Waals surface area contributed by atoms with Gasteiger partial charge >= 0.3 is 6.09 Å². The Kier molecular flexibility index (Phi) is 4.88. The van der Waals surface area contributed by atoms with Crippen LogP contribution in [0.4, 0.5) is 4.79 Å². The van der Waals surface area contributed by atoms with Gasteiger partial charge in [0.2, 0.25) is 0 Å². The highest BCUT2D eigenvalue weighted by Crippen LogP contribution is 2.22. The first-order valence-electron chi connectivity index (χ1n) is 5.57. The molecule has 0 bridgehead atoms. The Morgan fingerprint density at radius 1 is 1.33 bits per heavy atom. The molecule has 0 atom stereocenters. The number of carbonyl (C=O) groups is 1. The Morgan fingerprint density at radius 2 is 1.94 bits per heavy atom. The van der Waals surface area contributed by atoms with Crippen molar-refractivity contribution in [2.24, 2.45) is 0 Å². The van der Waals surface area contributed by atoms with Crippen molar-refractivity contribution >= 4 is 29.3 Å². The number of benzene rings is 1. The predicted molar refractivity (Wildman–Crippen MR) is 74.2 cm³/mol. The van der Waals surface area contributed by atoms with Gasteiger partial charge in [0.1, 0.15) is 5.60 Å². The standard InChI is InChI=1S/C13H17Cl2NO2/c1-13(2,3)18-12(17)16(4)8-9-5-6-10(14)7-11(9)15/h5-7H,8H2,1-4H3. The number of ether oxygens (including phenoxy) is 1. The Hall–Kier alpha value is -0.930. The summed E-state index contributed by atoms with van der Waals surface area (Å²) in [5, 5.41) is 1.11. The predicted octanol–water partition coefficient (Wildman–Crippen LogP) is 4.36. The molecule has 1 amide bonds. The van der Waals surface area contributed by atoms with Gasteiger partial charge in [-0.3, -0.25) is 0 Å². The number of rotatable bonds is 2. The second-order valence-electron chi connectivity index (χ2n) is 5.07. The Balaban J connectivity index is 2.69. The van der Waals surface area contributed by atoms with Gasteiger partial charge in [-0.25, -0.2) is 4.79 Å². The van der Waals surface area contributed by atoms with Gasteiger partial charge in [0.15, 0.2) is 0 Å². The highest BCUT2D eigenvalue weighted by molar-refractivity contribution is 6.35. The Morgan fingerprint density at radius 3 is 2.44 bits per heavy atom. The molecule has 0 N–H and O–H groups in total. The van der Waals surface area contributed by atoms with E-state index < -0.39 is 5.60 Å². The van der Waals surface area contributed by atoms with E-state index in [-0.39, 0.29) is 6.09 Å². The van der Waals surface area contributed by atoms with Crippen LogP contribution >= 0.6 is 23.2 Å². The Labute approximate surface area is 118 Å². The van der Waals surface area contributed by atoms with Gasteiger partial charge < -0.3 is 9.64 Å². The van der Waals surface area contributed by atoms with Gasteiger partial charge in [-0.05, 0) is 38.5 Å². The molecule has 1 rings (SSSR count). The summed E-state index contributed by atoms with van der Waals surface area (Å²) in [5.74, 6) is 0. The molecule has 100 valence electrons. The summed E-state index contributed by atoms with van der Waals surface area (Å²) in [7, 11) is 1.67. The second-order valence-corrected chi connectivity index (χ2v) is 5.92. The smallest absolute Gasteiger partial charge is 0.410 e. The molecule has 0 radical (unpaired) electrons. The van der Waals surface area contributed by atoms with Gasteiger partial charge in [-0.1, -0.05) is 29.3 Å². The van der Waals surface area contributed by atoms with E-state index in [0.29, 0.717) is 16.6 Å². The highest BCUT2D eigenvalue weighted by atomic mass is 35.5. The molecule has 0 saturated heterocycles. The van der Waals surface area contributed by atoms with Crippen molar-refractivity contribution in [3.05, 3.63) is 33.8 Å². The van der Waals surface area contributed by atoms with Gasteiger partial charge in [0.05, 0.1) is 6.54 Å². The number of amides is 1. The maximum absolute atomic E-state index is 11.8. The molecule has 1 aromatic rings. The summed E-state index contributed by atoms with van der Waals surface area (Å²) >= 11 is 11.9. The van der Waals surface area contributed by atoms with Crippen molar-refractivity contribution in [3.63, 3.8) is 0 Å². The number of halogens is 2. The van der Waals surface area contributed by atoms with Crippen molar-refractivity contribution in [2.75, 3.05) is 7.05 Å². The average Bonchev–Trinajstić information content (AvgIpc) is 2.19. The quantitative estimate of drug-likeness (QED) is 0.810. The summed E-state index contributed by atoms with van der Waals surface area (Å²) < 4.78 is 5.25. The monoisotopic (exact) mass is 289 g/mol. The van der Waals surface area contributed by atoms with Gasteiger partial charge in [-0.2, -0.15) is 0 Å². The fourth-order valence-corrected chi connectivity index (χ4v) is 1.78. The molecule has 0 aromatic heterocycles. The summed E-state index contributed by atoms with van der Waals surface area (Å²) in [4.78, 5) is 13.2. The van der Waals surface area contributed by atoms with E-state index in [9.17, 15) is 4.79 Å². The lowest BCUT2D eigenvalue weighted by atomic mass is 10.2. The third-order valence-electron chi connectivity index (χ3n) is 2.13. The number of carbonyl (C=O) groups excluding carboxylic acids is 1. The number of hydrogen-bond donors (Lipinski definition) is 0. The number of nitrogens with zero attached hydrogens (tertiary/aromatic N) is 1. The van der Waals surface area contributed by atoms with E-state index in [1.165, 1.54) is 4.90 Å². The maximum Gasteiger partial charge on any atom is 0.410 e. The van der Waals surface area contributed by atoms with Crippen LogP contribution in [0.1, 0.15) is 26.3 Å². The zero-order valence-corrected chi connectivity index (χ0v) is 12.5. The largest absolute Gasteiger partial charge is 0.444 e. The average molecular weight is 290 g/mol. The van der Waals surface area contributed by atoms with E-state index in [1.54, 1.807) is 25.2 Å². The summed E-state index contributed by atoms with van der Waals surface area (Å²) in [6.45, 7) is 5.86. The van der Waals surface area contributed by atoms with E-state index in [0.717, 1.165) is 5.56 Å². The topological polar surface area (TPSA) is 29.5 Å². The molecule has 0 aliphatic heterocycles. The van der Waals surface area contributed by atoms with E-state index in [1.807, 2.05) is 20.8 Å². The summed E-state index contributed by atoms with van der Waals surface area (Å²) in [5.41, 5.74) is 0.323. The van der Waals surface area contributed by atoms with Gasteiger partial charge in [-0.15, -0.1) is 0 Å². The minimum Gasteiger partial charge on any atom is -0.444 e. The molecule has 0 unspecified atom stereocenters. The van der Waals surface area contributed by atoms with Crippen molar-refractivity contribution < 1.29 is 9.53 Å². The molecular formula is C13H17Cl2NO2. The van der Waals surface area contributed by atoms with Crippen LogP contribution in [0, 0.1) is 0 Å². The maximum atomic E-state index is 11.8. The van der Waals surface area contributed by atoms with Crippen LogP contribution in [0.3, 0.4) is 0 Å². The minimum atomic E-state index is -0.505. The van der Waals surface area contributed by atoms with E-state index in [4.69, 9.17) is 27.9 Å². The zero-order chi connectivity index (χ0) is 13.9. The summed E-state index contributed by atoms with van der Waals surface area (Å²) in [6.07, 6.45) is -0.381. The lowest BCUT2D eigenvalue weighted by Gasteiger charge is -2.24. The molecular weight excluding hydrogens is 273 g/mol. The fourth-order valence-electron chi connectivity index (χ4n) is 1.31. The van der Waals surface area contributed by atoms with E-state index in [2.05, 4.69) is 0 Å². The van der Waals surface area contributed by atoms with Crippen LogP contribution < -0.4 is 0 Å². The van der Waals surface area contributed by atoms with Gasteiger partial charge in [0.25, 0.3) is 0 Å². The molecule has 1 aromatic carbocycles. The van der Waals surface area contributed by atoms with Gasteiger partial charge in [0, 0.05) is 17.1 Å². The first-order valence-corrected chi connectivity index (χ1v) is 6.32. The first kappa shape index (κ1) is 15.1. The van der Waals surface area contributed by atoms with Crippen LogP contribution in [-0.4, -0.2) is 23.6 Å². The van der Waals surface area contributed by atoms with Crippen molar-refractivity contribution in [1.29, 1.82) is 0 Å². The molecule has 3 nitrogen and oxygen atoms in total. The Bertz CT molecular complexity index is 441. The minimum absolute atomic E-state index is 0.380. The lowest BCUT2D eigenvalue weighted by molar-refractivity contribution is 0.0285. The molecule has 0 aliphatic carbocycles. The molecule has 0 fully saturated rings. The number of hydrogen-bond acceptors (Lipinski definition) is 2. The zero-order valence-electron chi connectivity index (χ0n) is 11.0. The molecule has 5 heteroatoms. The SMILES string of the molecule is CN(Cc1ccc(Cl)cc1Cl)C(=O)OC(C)(C)C. The highest BCUT2D eigenvalue weighted by Gasteiger charge is 2.20. The van der Waals surface area contributed by atoms with Crippen molar-refractivity contribution in [1.82, 2.24) is 4.90 Å². The molecule has 0 aliphatic rings. The fraction of sp³-hybridized carbons (Fsp3) is 0.462. The lowest BCUT2D eigenvalue weighted by Crippen LogP contribution is -2.33. The molecule has 18 heavy (non-hydrogen) atoms. The van der Waals surface area contributed by atoms with Crippen LogP contribution in [0.5, 0.6) is 0 Å².